The second kappa shape index (κ2) is 6.41. The van der Waals surface area contributed by atoms with Gasteiger partial charge in [0.1, 0.15) is 5.75 Å². The molecule has 1 aromatic carbocycles. The molecule has 0 aromatic heterocycles. The third-order valence-electron chi connectivity index (χ3n) is 3.61. The van der Waals surface area contributed by atoms with Crippen molar-refractivity contribution >= 4 is 34.7 Å². The van der Waals surface area contributed by atoms with Crippen molar-refractivity contribution in [2.45, 2.75) is 0 Å². The maximum absolute atomic E-state index is 11.8. The summed E-state index contributed by atoms with van der Waals surface area (Å²) in [6.07, 6.45) is 1.75. The van der Waals surface area contributed by atoms with Gasteiger partial charge in [0.25, 0.3) is 11.1 Å². The first-order valence-corrected chi connectivity index (χ1v) is 7.88. The second-order valence-corrected chi connectivity index (χ2v) is 6.00. The summed E-state index contributed by atoms with van der Waals surface area (Å²) >= 11 is 0.927. The Balaban J connectivity index is 2.01. The number of nitrogens with one attached hydrogen (secondary N) is 2. The molecule has 22 heavy (non-hydrogen) atoms. The lowest BCUT2D eigenvalue weighted by atomic mass is 10.1. The number of nitrogens with zero attached hydrogens (tertiary/aromatic N) is 1. The average molecular weight is 319 g/mol. The number of thioether (sulfide) groups is 1. The van der Waals surface area contributed by atoms with Gasteiger partial charge in [0, 0.05) is 31.7 Å². The number of hydrogen-bond acceptors (Lipinski definition) is 6. The van der Waals surface area contributed by atoms with E-state index in [1.54, 1.807) is 13.2 Å². The van der Waals surface area contributed by atoms with Crippen LogP contribution >= 0.6 is 11.8 Å². The zero-order valence-corrected chi connectivity index (χ0v) is 13.0. The third kappa shape index (κ3) is 2.95. The van der Waals surface area contributed by atoms with E-state index in [1.165, 1.54) is 0 Å². The molecular weight excluding hydrogens is 302 g/mol. The Labute approximate surface area is 132 Å². The molecule has 116 valence electrons. The Morgan fingerprint density at radius 2 is 2.05 bits per heavy atom. The van der Waals surface area contributed by atoms with Crippen LogP contribution in [0.15, 0.2) is 23.1 Å². The molecule has 1 aromatic rings. The van der Waals surface area contributed by atoms with Crippen molar-refractivity contribution in [3.05, 3.63) is 28.7 Å². The average Bonchev–Trinajstić information content (AvgIpc) is 2.85. The summed E-state index contributed by atoms with van der Waals surface area (Å²) in [5.41, 5.74) is 1.85. The molecule has 2 aliphatic heterocycles. The number of ether oxygens (including phenoxy) is 1. The Hall–Kier alpha value is -1.99. The van der Waals surface area contributed by atoms with Crippen LogP contribution in [-0.2, 0) is 4.79 Å². The highest BCUT2D eigenvalue weighted by Crippen LogP contribution is 2.36. The molecule has 0 aliphatic carbocycles. The highest BCUT2D eigenvalue weighted by Gasteiger charge is 2.26. The van der Waals surface area contributed by atoms with Crippen molar-refractivity contribution in [2.75, 3.05) is 38.2 Å². The number of imide groups is 1. The van der Waals surface area contributed by atoms with E-state index < -0.39 is 0 Å². The largest absolute Gasteiger partial charge is 0.495 e. The molecule has 7 heteroatoms. The summed E-state index contributed by atoms with van der Waals surface area (Å²) in [4.78, 5) is 25.7. The monoisotopic (exact) mass is 319 g/mol. The summed E-state index contributed by atoms with van der Waals surface area (Å²) in [5.74, 6) is 0.426. The quantitative estimate of drug-likeness (QED) is 0.821. The number of rotatable bonds is 3. The third-order valence-corrected chi connectivity index (χ3v) is 4.42. The number of piperazine rings is 1. The Kier molecular flexibility index (Phi) is 4.35. The van der Waals surface area contributed by atoms with Gasteiger partial charge in [-0.2, -0.15) is 0 Å². The standard InChI is InChI=1S/C15H17N3O3S/c1-21-11-4-2-3-10(9-12-14(19)17-15(20)22-12)13(11)18-7-5-16-6-8-18/h2-4,9,16H,5-8H2,1H3,(H,17,19,20)/b12-9+. The summed E-state index contributed by atoms with van der Waals surface area (Å²) in [7, 11) is 1.64. The molecule has 2 amide bonds. The van der Waals surface area contributed by atoms with Crippen LogP contribution in [0.3, 0.4) is 0 Å². The first-order valence-electron chi connectivity index (χ1n) is 7.06. The van der Waals surface area contributed by atoms with Gasteiger partial charge in [-0.1, -0.05) is 12.1 Å². The maximum atomic E-state index is 11.8. The number of methoxy groups -OCH3 is 1. The van der Waals surface area contributed by atoms with Gasteiger partial charge in [-0.25, -0.2) is 0 Å². The summed E-state index contributed by atoms with van der Waals surface area (Å²) < 4.78 is 5.49. The molecule has 0 radical (unpaired) electrons. The van der Waals surface area contributed by atoms with Crippen LogP contribution in [0.4, 0.5) is 10.5 Å². The normalized spacial score (nSPS) is 20.4. The number of para-hydroxylation sites is 1. The Morgan fingerprint density at radius 3 is 2.68 bits per heavy atom. The smallest absolute Gasteiger partial charge is 0.290 e. The number of benzene rings is 1. The number of carbonyl (C=O) groups is 2. The van der Waals surface area contributed by atoms with Gasteiger partial charge in [-0.3, -0.25) is 14.9 Å². The van der Waals surface area contributed by atoms with Gasteiger partial charge in [0.2, 0.25) is 0 Å². The van der Waals surface area contributed by atoms with E-state index in [1.807, 2.05) is 18.2 Å². The van der Waals surface area contributed by atoms with Crippen LogP contribution in [0.1, 0.15) is 5.56 Å². The van der Waals surface area contributed by atoms with E-state index >= 15 is 0 Å². The second-order valence-electron chi connectivity index (χ2n) is 4.99. The molecule has 6 nitrogen and oxygen atoms in total. The molecule has 2 aliphatic rings. The molecule has 2 heterocycles. The number of amides is 2. The van der Waals surface area contributed by atoms with Gasteiger partial charge in [0.15, 0.2) is 0 Å². The van der Waals surface area contributed by atoms with Crippen LogP contribution in [0.25, 0.3) is 6.08 Å². The minimum absolute atomic E-state index is 0.331. The van der Waals surface area contributed by atoms with Gasteiger partial charge < -0.3 is 15.0 Å². The topological polar surface area (TPSA) is 70.7 Å². The van der Waals surface area contributed by atoms with Crippen molar-refractivity contribution in [3.8, 4) is 5.75 Å². The van der Waals surface area contributed by atoms with E-state index in [-0.39, 0.29) is 11.1 Å². The van der Waals surface area contributed by atoms with E-state index in [2.05, 4.69) is 15.5 Å². The SMILES string of the molecule is COc1cccc(/C=C2/SC(=O)NC2=O)c1N1CCNCC1. The van der Waals surface area contributed by atoms with Crippen LogP contribution in [-0.4, -0.2) is 44.4 Å². The molecule has 0 spiro atoms. The Bertz CT molecular complexity index is 639. The van der Waals surface area contributed by atoms with Crippen LogP contribution in [0, 0.1) is 0 Å². The zero-order valence-electron chi connectivity index (χ0n) is 12.2. The molecule has 0 bridgehead atoms. The molecule has 0 unspecified atom stereocenters. The maximum Gasteiger partial charge on any atom is 0.290 e. The van der Waals surface area contributed by atoms with Crippen molar-refractivity contribution < 1.29 is 14.3 Å². The summed E-state index contributed by atoms with van der Waals surface area (Å²) in [5, 5.41) is 5.26. The lowest BCUT2D eigenvalue weighted by molar-refractivity contribution is -0.115. The molecule has 0 atom stereocenters. The molecule has 2 saturated heterocycles. The fraction of sp³-hybridized carbons (Fsp3) is 0.333. The number of carbonyl (C=O) groups excluding carboxylic acids is 2. The highest BCUT2D eigenvalue weighted by molar-refractivity contribution is 8.18. The molecule has 2 N–H and O–H groups in total. The van der Waals surface area contributed by atoms with Crippen LogP contribution in [0.2, 0.25) is 0 Å². The van der Waals surface area contributed by atoms with E-state index in [9.17, 15) is 9.59 Å². The van der Waals surface area contributed by atoms with Gasteiger partial charge in [0.05, 0.1) is 17.7 Å². The highest BCUT2D eigenvalue weighted by atomic mass is 32.2. The molecule has 2 fully saturated rings. The summed E-state index contributed by atoms with van der Waals surface area (Å²) in [6.45, 7) is 3.55. The molecule has 0 saturated carbocycles. The fourth-order valence-corrected chi connectivity index (χ4v) is 3.28. The predicted molar refractivity (Wildman–Crippen MR) is 87.2 cm³/mol. The molecular formula is C15H17N3O3S. The first kappa shape index (κ1) is 14.9. The first-order chi connectivity index (χ1) is 10.7. The lowest BCUT2D eigenvalue weighted by Crippen LogP contribution is -2.43. The number of anilines is 1. The lowest BCUT2D eigenvalue weighted by Gasteiger charge is -2.31. The molecule has 3 rings (SSSR count). The summed E-state index contributed by atoms with van der Waals surface area (Å²) in [6, 6.07) is 5.73. The number of hydrogen-bond donors (Lipinski definition) is 2. The van der Waals surface area contributed by atoms with E-state index in [0.717, 1.165) is 54.9 Å². The van der Waals surface area contributed by atoms with Gasteiger partial charge in [-0.15, -0.1) is 0 Å². The van der Waals surface area contributed by atoms with Crippen LogP contribution < -0.4 is 20.3 Å². The minimum atomic E-state index is -0.343. The van der Waals surface area contributed by atoms with Crippen molar-refractivity contribution in [2.24, 2.45) is 0 Å². The van der Waals surface area contributed by atoms with Gasteiger partial charge >= 0.3 is 0 Å². The van der Waals surface area contributed by atoms with Crippen molar-refractivity contribution in [1.82, 2.24) is 10.6 Å². The van der Waals surface area contributed by atoms with Crippen molar-refractivity contribution in [3.63, 3.8) is 0 Å². The van der Waals surface area contributed by atoms with E-state index in [4.69, 9.17) is 4.74 Å². The zero-order chi connectivity index (χ0) is 15.5. The van der Waals surface area contributed by atoms with Crippen LogP contribution in [0.5, 0.6) is 5.75 Å². The van der Waals surface area contributed by atoms with Gasteiger partial charge in [-0.05, 0) is 23.9 Å². The van der Waals surface area contributed by atoms with Crippen molar-refractivity contribution in [1.29, 1.82) is 0 Å². The Morgan fingerprint density at radius 1 is 1.27 bits per heavy atom. The predicted octanol–water partition coefficient (Wildman–Crippen LogP) is 1.43. The van der Waals surface area contributed by atoms with E-state index in [0.29, 0.717) is 4.91 Å². The fourth-order valence-electron chi connectivity index (χ4n) is 2.61. The minimum Gasteiger partial charge on any atom is -0.495 e.